The number of benzene rings is 3. The van der Waals surface area contributed by atoms with Gasteiger partial charge in [-0.15, -0.1) is 34.9 Å². The minimum Gasteiger partial charge on any atom is -0.512 e. The number of aromatic nitrogens is 1. The van der Waals surface area contributed by atoms with Crippen LogP contribution in [0.4, 0.5) is 0 Å². The average Bonchev–Trinajstić information content (AvgIpc) is 2.88. The fraction of sp³-hybridized carbons (Fsp3) is 0.371. The Bertz CT molecular complexity index is 1440. The number of carbonyl (C=O) groups is 1. The predicted molar refractivity (Wildman–Crippen MR) is 162 cm³/mol. The first-order valence-corrected chi connectivity index (χ1v) is 13.7. The summed E-state index contributed by atoms with van der Waals surface area (Å²) < 4.78 is 0. The molecule has 3 nitrogen and oxygen atoms in total. The number of allylic oxidation sites excluding steroid dienone is 2. The van der Waals surface area contributed by atoms with Crippen molar-refractivity contribution in [3.8, 4) is 11.3 Å². The van der Waals surface area contributed by atoms with E-state index in [4.69, 9.17) is 4.98 Å². The number of aliphatic hydroxyl groups is 1. The molecule has 1 heterocycles. The number of nitrogens with zero attached hydrogens (tertiary/aromatic N) is 1. The summed E-state index contributed by atoms with van der Waals surface area (Å²) in [5.74, 6) is 0.320. The molecule has 0 aliphatic rings. The number of fused-ring (bicyclic) bond motifs is 3. The second-order valence-electron chi connectivity index (χ2n) is 11.0. The Labute approximate surface area is 248 Å². The average molecular weight is 701 g/mol. The molecule has 1 aromatic heterocycles. The zero-order valence-electron chi connectivity index (χ0n) is 24.6. The molecule has 0 unspecified atom stereocenters. The van der Waals surface area contributed by atoms with Crippen LogP contribution in [-0.4, -0.2) is 15.9 Å². The molecule has 0 fully saturated rings. The van der Waals surface area contributed by atoms with Crippen molar-refractivity contribution in [2.45, 2.75) is 74.7 Å². The molecule has 4 aromatic rings. The van der Waals surface area contributed by atoms with Crippen LogP contribution >= 0.6 is 0 Å². The van der Waals surface area contributed by atoms with E-state index in [1.807, 2.05) is 40.8 Å². The van der Waals surface area contributed by atoms with E-state index in [2.05, 4.69) is 75.4 Å². The third-order valence-corrected chi connectivity index (χ3v) is 7.55. The number of pyridine rings is 1. The van der Waals surface area contributed by atoms with Gasteiger partial charge in [-0.3, -0.25) is 4.79 Å². The summed E-state index contributed by atoms with van der Waals surface area (Å²) in [5.41, 5.74) is 5.46. The Kier molecular flexibility index (Phi) is 11.6. The van der Waals surface area contributed by atoms with E-state index in [9.17, 15) is 9.90 Å². The second kappa shape index (κ2) is 14.0. The fourth-order valence-electron chi connectivity index (χ4n) is 4.66. The molecule has 0 atom stereocenters. The van der Waals surface area contributed by atoms with Crippen molar-refractivity contribution >= 4 is 27.3 Å². The first-order chi connectivity index (χ1) is 18.0. The quantitative estimate of drug-likeness (QED) is 0.0905. The van der Waals surface area contributed by atoms with E-state index in [0.29, 0.717) is 0 Å². The molecule has 3 aromatic carbocycles. The minimum absolute atomic E-state index is 0. The van der Waals surface area contributed by atoms with E-state index >= 15 is 0 Å². The van der Waals surface area contributed by atoms with Gasteiger partial charge in [0.1, 0.15) is 5.76 Å². The molecule has 0 amide bonds. The van der Waals surface area contributed by atoms with Crippen molar-refractivity contribution in [1.82, 2.24) is 4.98 Å². The van der Waals surface area contributed by atoms with Gasteiger partial charge in [-0.25, -0.2) is 0 Å². The fourth-order valence-corrected chi connectivity index (χ4v) is 4.66. The van der Waals surface area contributed by atoms with Crippen molar-refractivity contribution in [1.29, 1.82) is 0 Å². The van der Waals surface area contributed by atoms with Crippen LogP contribution in [-0.2, 0) is 24.9 Å². The largest absolute Gasteiger partial charge is 0.512 e. The SMILES string of the molecule is CCC(CC)C(=O)/C=C(\O)C(C)(C)CC.Cc1[c-]c(-c2nccc3ccc4ccc(C)cc4c23)cc(C)c1.[Ir]. The number of carbonyl (C=O) groups excluding carboxylic acids is 1. The van der Waals surface area contributed by atoms with Crippen molar-refractivity contribution in [2.24, 2.45) is 11.3 Å². The smallest absolute Gasteiger partial charge is 0.162 e. The first kappa shape index (κ1) is 32.4. The molecular weight excluding hydrogens is 659 g/mol. The molecule has 39 heavy (non-hydrogen) atoms. The second-order valence-corrected chi connectivity index (χ2v) is 11.0. The van der Waals surface area contributed by atoms with Crippen molar-refractivity contribution in [3.63, 3.8) is 0 Å². The number of hydrogen-bond donors (Lipinski definition) is 1. The van der Waals surface area contributed by atoms with Crippen molar-refractivity contribution in [2.75, 3.05) is 0 Å². The van der Waals surface area contributed by atoms with Gasteiger partial charge in [-0.1, -0.05) is 84.4 Å². The number of ketones is 1. The molecule has 0 saturated carbocycles. The standard InChI is InChI=1S/C22H18N.C13H24O2.Ir/c1-14-4-5-17-6-7-18-8-9-23-22(21(18)20(17)13-14)19-11-15(2)10-16(3)12-19;1-6-10(7-2)11(14)9-12(15)13(4,5)8-3;/h4-11,13H,1-3H3;9-10,15H,6-8H2,1-5H3;/q-1;;/b;12-9-;. The summed E-state index contributed by atoms with van der Waals surface area (Å²) in [5, 5.41) is 14.8. The third-order valence-electron chi connectivity index (χ3n) is 7.55. The molecule has 0 saturated heterocycles. The van der Waals surface area contributed by atoms with Gasteiger partial charge >= 0.3 is 0 Å². The normalized spacial score (nSPS) is 11.8. The molecular formula is C35H42IrNO2-. The Hall–Kier alpha value is -2.81. The number of aliphatic hydroxyl groups excluding tert-OH is 1. The molecule has 0 aliphatic heterocycles. The summed E-state index contributed by atoms with van der Waals surface area (Å²) in [6.45, 7) is 16.2. The van der Waals surface area contributed by atoms with Crippen LogP contribution in [0.5, 0.6) is 0 Å². The van der Waals surface area contributed by atoms with E-state index in [1.54, 1.807) is 0 Å². The third kappa shape index (κ3) is 7.87. The molecule has 4 rings (SSSR count). The Morgan fingerprint density at radius 3 is 2.21 bits per heavy atom. The van der Waals surface area contributed by atoms with Gasteiger partial charge < -0.3 is 10.1 Å². The van der Waals surface area contributed by atoms with Crippen LogP contribution in [0.15, 0.2) is 66.6 Å². The molecule has 0 bridgehead atoms. The Balaban J connectivity index is 0.000000294. The molecule has 1 radical (unpaired) electrons. The molecule has 0 spiro atoms. The first-order valence-electron chi connectivity index (χ1n) is 13.7. The van der Waals surface area contributed by atoms with Gasteiger partial charge in [-0.05, 0) is 59.5 Å². The summed E-state index contributed by atoms with van der Waals surface area (Å²) in [7, 11) is 0. The monoisotopic (exact) mass is 701 g/mol. The zero-order valence-corrected chi connectivity index (χ0v) is 27.0. The van der Waals surface area contributed by atoms with Crippen molar-refractivity contribution < 1.29 is 30.0 Å². The van der Waals surface area contributed by atoms with Crippen LogP contribution in [0.25, 0.3) is 32.8 Å². The van der Waals surface area contributed by atoms with Crippen LogP contribution in [0, 0.1) is 38.2 Å². The van der Waals surface area contributed by atoms with Crippen LogP contribution in [0.2, 0.25) is 0 Å². The van der Waals surface area contributed by atoms with Gasteiger partial charge in [0.05, 0.1) is 0 Å². The van der Waals surface area contributed by atoms with Crippen LogP contribution in [0.1, 0.15) is 70.6 Å². The minimum atomic E-state index is -0.290. The van der Waals surface area contributed by atoms with E-state index in [0.717, 1.165) is 36.1 Å². The number of aryl methyl sites for hydroxylation is 3. The Morgan fingerprint density at radius 2 is 1.59 bits per heavy atom. The maximum atomic E-state index is 11.7. The van der Waals surface area contributed by atoms with Gasteiger partial charge in [-0.2, -0.15) is 0 Å². The topological polar surface area (TPSA) is 50.2 Å². The summed E-state index contributed by atoms with van der Waals surface area (Å²) in [4.78, 5) is 16.4. The van der Waals surface area contributed by atoms with E-state index < -0.39 is 0 Å². The summed E-state index contributed by atoms with van der Waals surface area (Å²) in [6, 6.07) is 20.8. The van der Waals surface area contributed by atoms with Gasteiger partial charge in [0.25, 0.3) is 0 Å². The molecule has 0 aliphatic carbocycles. The maximum absolute atomic E-state index is 11.7. The predicted octanol–water partition coefficient (Wildman–Crippen LogP) is 9.65. The number of hydrogen-bond acceptors (Lipinski definition) is 3. The van der Waals surface area contributed by atoms with Gasteiger partial charge in [0.2, 0.25) is 0 Å². The Morgan fingerprint density at radius 1 is 0.949 bits per heavy atom. The van der Waals surface area contributed by atoms with Crippen LogP contribution < -0.4 is 0 Å². The van der Waals surface area contributed by atoms with E-state index in [1.165, 1.54) is 38.7 Å². The number of rotatable bonds is 7. The zero-order chi connectivity index (χ0) is 28.0. The maximum Gasteiger partial charge on any atom is 0.162 e. The molecule has 1 N–H and O–H groups in total. The summed E-state index contributed by atoms with van der Waals surface area (Å²) in [6.07, 6.45) is 5.81. The van der Waals surface area contributed by atoms with Gasteiger partial charge in [0.15, 0.2) is 5.78 Å². The van der Waals surface area contributed by atoms with Gasteiger partial charge in [0, 0.05) is 43.7 Å². The van der Waals surface area contributed by atoms with Crippen LogP contribution in [0.3, 0.4) is 0 Å². The van der Waals surface area contributed by atoms with Crippen molar-refractivity contribution in [3.05, 3.63) is 89.3 Å². The molecule has 209 valence electrons. The van der Waals surface area contributed by atoms with E-state index in [-0.39, 0.29) is 43.0 Å². The summed E-state index contributed by atoms with van der Waals surface area (Å²) >= 11 is 0. The molecule has 4 heteroatoms.